The second kappa shape index (κ2) is 4.44. The summed E-state index contributed by atoms with van der Waals surface area (Å²) in [5.41, 5.74) is 0.826. The maximum Gasteiger partial charge on any atom is 0.0112 e. The normalized spacial score (nSPS) is 8.89. The Balaban J connectivity index is -0.000000180. The van der Waals surface area contributed by atoms with Crippen LogP contribution >= 0.6 is 0 Å². The van der Waals surface area contributed by atoms with E-state index in [2.05, 4.69) is 0 Å². The average molecular weight is 136 g/mol. The van der Waals surface area contributed by atoms with E-state index in [0.717, 1.165) is 5.71 Å². The zero-order chi connectivity index (χ0) is 6.08. The highest BCUT2D eigenvalue weighted by molar-refractivity contribution is 5.83. The van der Waals surface area contributed by atoms with Gasteiger partial charge >= 0.3 is 0 Å². The van der Waals surface area contributed by atoms with Gasteiger partial charge in [-0.15, -0.1) is 0 Å². The van der Waals surface area contributed by atoms with Gasteiger partial charge < -0.3 is 11.6 Å². The van der Waals surface area contributed by atoms with Crippen molar-refractivity contribution >= 4 is 5.71 Å². The highest BCUT2D eigenvalue weighted by Gasteiger charge is 2.10. The van der Waals surface area contributed by atoms with Crippen LogP contribution in [0.5, 0.6) is 0 Å². The van der Waals surface area contributed by atoms with Crippen LogP contribution in [0.2, 0.25) is 0 Å². The SMILES string of the molecule is CC(=N)C(C)(C)C.F.N. The lowest BCUT2D eigenvalue weighted by atomic mass is 9.91. The fraction of sp³-hybridized carbons (Fsp3) is 0.833. The van der Waals surface area contributed by atoms with E-state index in [0.29, 0.717) is 0 Å². The minimum atomic E-state index is 0. The molecule has 0 aromatic carbocycles. The van der Waals surface area contributed by atoms with Crippen LogP contribution in [0.4, 0.5) is 4.70 Å². The molecule has 3 heteroatoms. The summed E-state index contributed by atoms with van der Waals surface area (Å²) in [6.07, 6.45) is 0. The molecule has 0 heterocycles. The van der Waals surface area contributed by atoms with Crippen LogP contribution in [-0.2, 0) is 0 Å². The first kappa shape index (κ1) is 15.8. The molecule has 0 rings (SSSR count). The molecule has 0 spiro atoms. The van der Waals surface area contributed by atoms with Gasteiger partial charge in [-0.05, 0) is 12.3 Å². The highest BCUT2D eigenvalue weighted by Crippen LogP contribution is 2.13. The van der Waals surface area contributed by atoms with Gasteiger partial charge in [0.1, 0.15) is 0 Å². The first-order valence-corrected chi connectivity index (χ1v) is 2.50. The molecule has 0 saturated heterocycles. The third-order valence-corrected chi connectivity index (χ3v) is 1.12. The third-order valence-electron chi connectivity index (χ3n) is 1.12. The number of hydrogen-bond acceptors (Lipinski definition) is 2. The van der Waals surface area contributed by atoms with E-state index in [1.165, 1.54) is 0 Å². The Labute approximate surface area is 56.1 Å². The van der Waals surface area contributed by atoms with E-state index < -0.39 is 0 Å². The second-order valence-electron chi connectivity index (χ2n) is 2.88. The van der Waals surface area contributed by atoms with Gasteiger partial charge in [0.05, 0.1) is 0 Å². The molecule has 0 radical (unpaired) electrons. The molecular formula is C6H17FN2. The molecule has 0 atom stereocenters. The summed E-state index contributed by atoms with van der Waals surface area (Å²) in [5, 5.41) is 7.15. The summed E-state index contributed by atoms with van der Waals surface area (Å²) in [5.74, 6) is 0. The van der Waals surface area contributed by atoms with Gasteiger partial charge in [0.2, 0.25) is 0 Å². The quantitative estimate of drug-likeness (QED) is 0.493. The molecule has 0 bridgehead atoms. The molecule has 0 saturated carbocycles. The van der Waals surface area contributed by atoms with Gasteiger partial charge in [0.15, 0.2) is 0 Å². The lowest BCUT2D eigenvalue weighted by molar-refractivity contribution is 0.584. The zero-order valence-electron chi connectivity index (χ0n) is 6.62. The van der Waals surface area contributed by atoms with Gasteiger partial charge in [-0.2, -0.15) is 0 Å². The van der Waals surface area contributed by atoms with Gasteiger partial charge in [0.25, 0.3) is 0 Å². The zero-order valence-corrected chi connectivity index (χ0v) is 6.62. The molecule has 9 heavy (non-hydrogen) atoms. The van der Waals surface area contributed by atoms with Crippen LogP contribution in [0, 0.1) is 10.8 Å². The second-order valence-corrected chi connectivity index (χ2v) is 2.88. The van der Waals surface area contributed by atoms with Crippen molar-refractivity contribution in [2.24, 2.45) is 5.41 Å². The number of hydrogen-bond donors (Lipinski definition) is 2. The predicted octanol–water partition coefficient (Wildman–Crippen LogP) is 2.39. The largest absolute Gasteiger partial charge is 0.344 e. The van der Waals surface area contributed by atoms with Gasteiger partial charge in [0, 0.05) is 5.71 Å². The molecule has 0 aliphatic heterocycles. The first-order valence-electron chi connectivity index (χ1n) is 2.50. The van der Waals surface area contributed by atoms with Gasteiger partial charge in [-0.1, -0.05) is 20.8 Å². The highest BCUT2D eigenvalue weighted by atomic mass is 19.0. The fourth-order valence-corrected chi connectivity index (χ4v) is 0. The van der Waals surface area contributed by atoms with Crippen molar-refractivity contribution < 1.29 is 4.70 Å². The van der Waals surface area contributed by atoms with Crippen LogP contribution < -0.4 is 6.15 Å². The lowest BCUT2D eigenvalue weighted by Crippen LogP contribution is -2.14. The molecule has 0 aliphatic carbocycles. The van der Waals surface area contributed by atoms with Crippen molar-refractivity contribution in [3.05, 3.63) is 0 Å². The Kier molecular flexibility index (Phi) is 7.81. The van der Waals surface area contributed by atoms with Crippen molar-refractivity contribution in [2.45, 2.75) is 27.7 Å². The molecule has 0 unspecified atom stereocenters. The van der Waals surface area contributed by atoms with E-state index >= 15 is 0 Å². The van der Waals surface area contributed by atoms with E-state index in [4.69, 9.17) is 5.41 Å². The Morgan fingerprint density at radius 3 is 1.33 bits per heavy atom. The van der Waals surface area contributed by atoms with Gasteiger partial charge in [-0.25, -0.2) is 0 Å². The summed E-state index contributed by atoms with van der Waals surface area (Å²) >= 11 is 0. The minimum absolute atomic E-state index is 0. The van der Waals surface area contributed by atoms with Crippen LogP contribution in [0.15, 0.2) is 0 Å². The van der Waals surface area contributed by atoms with Crippen molar-refractivity contribution in [1.29, 1.82) is 5.41 Å². The standard InChI is InChI=1S/C6H13N.FH.H3N/c1-5(7)6(2,3)4;;/h7H,1-4H3;1H;1H3. The fourth-order valence-electron chi connectivity index (χ4n) is 0. The molecule has 0 aromatic rings. The van der Waals surface area contributed by atoms with E-state index in [9.17, 15) is 0 Å². The molecular weight excluding hydrogens is 119 g/mol. The molecule has 58 valence electrons. The minimum Gasteiger partial charge on any atom is -0.344 e. The van der Waals surface area contributed by atoms with Gasteiger partial charge in [-0.3, -0.25) is 4.70 Å². The Morgan fingerprint density at radius 1 is 1.22 bits per heavy atom. The van der Waals surface area contributed by atoms with Crippen LogP contribution in [0.25, 0.3) is 0 Å². The average Bonchev–Trinajstić information content (AvgIpc) is 1.31. The number of halogens is 1. The molecule has 0 aliphatic rings. The van der Waals surface area contributed by atoms with Crippen molar-refractivity contribution in [1.82, 2.24) is 6.15 Å². The number of rotatable bonds is 0. The molecule has 0 fully saturated rings. The molecule has 4 N–H and O–H groups in total. The first-order chi connectivity index (χ1) is 2.94. The van der Waals surface area contributed by atoms with Crippen LogP contribution in [0.3, 0.4) is 0 Å². The molecule has 0 aromatic heterocycles. The van der Waals surface area contributed by atoms with E-state index in [-0.39, 0.29) is 16.3 Å². The summed E-state index contributed by atoms with van der Waals surface area (Å²) in [6.45, 7) is 7.94. The molecule has 0 amide bonds. The Hall–Kier alpha value is -0.440. The van der Waals surface area contributed by atoms with E-state index in [1.807, 2.05) is 27.7 Å². The van der Waals surface area contributed by atoms with Crippen molar-refractivity contribution in [2.75, 3.05) is 0 Å². The smallest absolute Gasteiger partial charge is 0.0112 e. The lowest BCUT2D eigenvalue weighted by Gasteiger charge is -2.14. The maximum absolute atomic E-state index is 7.15. The van der Waals surface area contributed by atoms with Crippen molar-refractivity contribution in [3.63, 3.8) is 0 Å². The summed E-state index contributed by atoms with van der Waals surface area (Å²) < 4.78 is 0. The summed E-state index contributed by atoms with van der Waals surface area (Å²) in [4.78, 5) is 0. The monoisotopic (exact) mass is 136 g/mol. The van der Waals surface area contributed by atoms with E-state index in [1.54, 1.807) is 0 Å². The molecule has 2 nitrogen and oxygen atoms in total. The summed E-state index contributed by atoms with van der Waals surface area (Å²) in [7, 11) is 0. The van der Waals surface area contributed by atoms with Crippen molar-refractivity contribution in [3.8, 4) is 0 Å². The van der Waals surface area contributed by atoms with Crippen LogP contribution in [0.1, 0.15) is 27.7 Å². The topological polar surface area (TPSA) is 58.9 Å². The number of nitrogens with one attached hydrogen (secondary N) is 1. The predicted molar refractivity (Wildman–Crippen MR) is 40.4 cm³/mol. The Morgan fingerprint density at radius 2 is 1.33 bits per heavy atom. The maximum atomic E-state index is 7.15. The Bertz CT molecular complexity index is 83.5. The summed E-state index contributed by atoms with van der Waals surface area (Å²) in [6, 6.07) is 0. The van der Waals surface area contributed by atoms with Crippen LogP contribution in [-0.4, -0.2) is 5.71 Å². The third kappa shape index (κ3) is 7.56.